The van der Waals surface area contributed by atoms with Crippen molar-refractivity contribution in [2.75, 3.05) is 7.11 Å². The Labute approximate surface area is 150 Å². The van der Waals surface area contributed by atoms with Crippen LogP contribution in [0.3, 0.4) is 0 Å². The van der Waals surface area contributed by atoms with E-state index in [0.29, 0.717) is 16.4 Å². The van der Waals surface area contributed by atoms with Crippen LogP contribution in [0.2, 0.25) is 0 Å². The molecule has 2 rings (SSSR count). The van der Waals surface area contributed by atoms with Crippen LogP contribution in [0.25, 0.3) is 0 Å². The van der Waals surface area contributed by atoms with Crippen molar-refractivity contribution in [3.63, 3.8) is 0 Å². The van der Waals surface area contributed by atoms with E-state index in [4.69, 9.17) is 9.26 Å². The molecule has 0 spiro atoms. The number of carbonyl (C=O) groups excluding carboxylic acids is 1. The lowest BCUT2D eigenvalue weighted by molar-refractivity contribution is -0.0318. The number of benzene rings is 2. The lowest BCUT2D eigenvalue weighted by Crippen LogP contribution is -2.18. The van der Waals surface area contributed by atoms with Gasteiger partial charge in [-0.2, -0.15) is 0 Å². The first-order valence-electron chi connectivity index (χ1n) is 8.15. The minimum atomic E-state index is -2.19. The number of carbonyl (C=O) groups is 1. The summed E-state index contributed by atoms with van der Waals surface area (Å²) in [5.74, 6) is -0.134. The maximum absolute atomic E-state index is 13.2. The number of rotatable bonds is 6. The SMILES string of the molecule is COC(C)O[P](=O)c1ccccc1C(=O)c1c(C)cc(C)c(C)c1C. The highest BCUT2D eigenvalue weighted by Gasteiger charge is 2.23. The van der Waals surface area contributed by atoms with E-state index in [-0.39, 0.29) is 5.78 Å². The van der Waals surface area contributed by atoms with Crippen LogP contribution in [-0.4, -0.2) is 19.2 Å². The predicted molar refractivity (Wildman–Crippen MR) is 100 cm³/mol. The molecule has 2 aromatic rings. The van der Waals surface area contributed by atoms with Crippen molar-refractivity contribution in [3.05, 3.63) is 63.7 Å². The van der Waals surface area contributed by atoms with Crippen LogP contribution in [-0.2, 0) is 13.8 Å². The van der Waals surface area contributed by atoms with E-state index < -0.39 is 14.3 Å². The Hall–Kier alpha value is -1.87. The number of ether oxygens (including phenoxy) is 1. The Morgan fingerprint density at radius 3 is 2.32 bits per heavy atom. The van der Waals surface area contributed by atoms with Crippen LogP contribution in [0.1, 0.15) is 45.1 Å². The van der Waals surface area contributed by atoms with Crippen molar-refractivity contribution < 1.29 is 18.6 Å². The molecule has 0 aliphatic heterocycles. The minimum absolute atomic E-state index is 0.134. The lowest BCUT2D eigenvalue weighted by Gasteiger charge is -2.16. The standard InChI is InChI=1S/C20H24O4P/c1-12-11-13(2)19(15(4)14(12)3)20(21)17-9-7-8-10-18(17)25(22)24-16(5)23-6/h7-11,16H,1-6H3. The Morgan fingerprint density at radius 1 is 1.04 bits per heavy atom. The molecular weight excluding hydrogens is 335 g/mol. The van der Waals surface area contributed by atoms with Crippen LogP contribution in [0.4, 0.5) is 0 Å². The van der Waals surface area contributed by atoms with Gasteiger partial charge in [0.1, 0.15) is 0 Å². The van der Waals surface area contributed by atoms with E-state index in [0.717, 1.165) is 22.3 Å². The molecule has 2 unspecified atom stereocenters. The average Bonchev–Trinajstić information content (AvgIpc) is 2.59. The van der Waals surface area contributed by atoms with Crippen LogP contribution in [0.5, 0.6) is 0 Å². The fourth-order valence-electron chi connectivity index (χ4n) is 2.83. The van der Waals surface area contributed by atoms with Crippen molar-refractivity contribution in [3.8, 4) is 0 Å². The van der Waals surface area contributed by atoms with Crippen molar-refractivity contribution in [2.45, 2.75) is 40.9 Å². The van der Waals surface area contributed by atoms with Crippen molar-refractivity contribution in [2.24, 2.45) is 0 Å². The number of hydrogen-bond acceptors (Lipinski definition) is 4. The fraction of sp³-hybridized carbons (Fsp3) is 0.350. The summed E-state index contributed by atoms with van der Waals surface area (Å²) in [6, 6.07) is 8.90. The third-order valence-electron chi connectivity index (χ3n) is 4.50. The smallest absolute Gasteiger partial charge is 0.249 e. The Bertz CT molecular complexity index is 827. The molecule has 1 radical (unpaired) electrons. The highest BCUT2D eigenvalue weighted by molar-refractivity contribution is 7.48. The summed E-state index contributed by atoms with van der Waals surface area (Å²) < 4.78 is 22.9. The van der Waals surface area contributed by atoms with Gasteiger partial charge in [0.25, 0.3) is 0 Å². The molecule has 2 aromatic carbocycles. The van der Waals surface area contributed by atoms with Crippen molar-refractivity contribution in [1.82, 2.24) is 0 Å². The zero-order valence-corrected chi connectivity index (χ0v) is 16.4. The molecule has 0 saturated heterocycles. The molecule has 5 heteroatoms. The Kier molecular flexibility index (Phi) is 6.23. The zero-order valence-electron chi connectivity index (χ0n) is 15.5. The van der Waals surface area contributed by atoms with Gasteiger partial charge in [0, 0.05) is 18.2 Å². The number of methoxy groups -OCH3 is 1. The number of ketones is 1. The second-order valence-electron chi connectivity index (χ2n) is 6.15. The first-order chi connectivity index (χ1) is 11.8. The van der Waals surface area contributed by atoms with Gasteiger partial charge in [-0.05, 0) is 69.0 Å². The highest BCUT2D eigenvalue weighted by Crippen LogP contribution is 2.29. The molecule has 0 N–H and O–H groups in total. The molecule has 25 heavy (non-hydrogen) atoms. The summed E-state index contributed by atoms with van der Waals surface area (Å²) in [5, 5.41) is 0.392. The summed E-state index contributed by atoms with van der Waals surface area (Å²) in [4.78, 5) is 13.2. The van der Waals surface area contributed by atoms with Gasteiger partial charge in [-0.1, -0.05) is 18.2 Å². The van der Waals surface area contributed by atoms with E-state index in [9.17, 15) is 9.36 Å². The topological polar surface area (TPSA) is 52.6 Å². The summed E-state index contributed by atoms with van der Waals surface area (Å²) in [6.07, 6.45) is -0.614. The molecule has 0 heterocycles. The monoisotopic (exact) mass is 359 g/mol. The Balaban J connectivity index is 2.52. The Morgan fingerprint density at radius 2 is 1.68 bits per heavy atom. The van der Waals surface area contributed by atoms with Crippen LogP contribution >= 0.6 is 8.03 Å². The summed E-state index contributed by atoms with van der Waals surface area (Å²) in [6.45, 7) is 9.59. The number of aryl methyl sites for hydroxylation is 2. The first-order valence-corrected chi connectivity index (χ1v) is 9.33. The van der Waals surface area contributed by atoms with Gasteiger partial charge in [-0.3, -0.25) is 9.32 Å². The minimum Gasteiger partial charge on any atom is -0.355 e. The second-order valence-corrected chi connectivity index (χ2v) is 7.35. The van der Waals surface area contributed by atoms with E-state index in [1.54, 1.807) is 31.2 Å². The van der Waals surface area contributed by atoms with E-state index in [1.807, 2.05) is 33.8 Å². The first kappa shape index (κ1) is 19.5. The molecule has 0 aromatic heterocycles. The third kappa shape index (κ3) is 4.04. The van der Waals surface area contributed by atoms with E-state index >= 15 is 0 Å². The van der Waals surface area contributed by atoms with Crippen molar-refractivity contribution in [1.29, 1.82) is 0 Å². The normalized spacial score (nSPS) is 12.8. The van der Waals surface area contributed by atoms with E-state index in [2.05, 4.69) is 0 Å². The molecule has 0 aliphatic carbocycles. The molecule has 4 nitrogen and oxygen atoms in total. The molecule has 133 valence electrons. The van der Waals surface area contributed by atoms with Crippen molar-refractivity contribution >= 4 is 19.1 Å². The summed E-state index contributed by atoms with van der Waals surface area (Å²) >= 11 is 0. The fourth-order valence-corrected chi connectivity index (χ4v) is 3.88. The average molecular weight is 359 g/mol. The van der Waals surface area contributed by atoms with Gasteiger partial charge in [-0.15, -0.1) is 0 Å². The van der Waals surface area contributed by atoms with Crippen LogP contribution in [0, 0.1) is 27.7 Å². The van der Waals surface area contributed by atoms with Gasteiger partial charge in [0.2, 0.25) is 8.03 Å². The van der Waals surface area contributed by atoms with Gasteiger partial charge in [-0.25, -0.2) is 4.57 Å². The summed E-state index contributed by atoms with van der Waals surface area (Å²) in [7, 11) is -0.715. The quantitative estimate of drug-likeness (QED) is 0.432. The number of hydrogen-bond donors (Lipinski definition) is 0. The maximum Gasteiger partial charge on any atom is 0.249 e. The van der Waals surface area contributed by atoms with Gasteiger partial charge in [0.15, 0.2) is 12.1 Å². The molecular formula is C20H24O4P. The third-order valence-corrected chi connectivity index (χ3v) is 5.78. The largest absolute Gasteiger partial charge is 0.355 e. The van der Waals surface area contributed by atoms with Crippen LogP contribution in [0.15, 0.2) is 30.3 Å². The van der Waals surface area contributed by atoms with E-state index in [1.165, 1.54) is 7.11 Å². The van der Waals surface area contributed by atoms with Gasteiger partial charge in [0.05, 0.1) is 5.30 Å². The maximum atomic E-state index is 13.2. The summed E-state index contributed by atoms with van der Waals surface area (Å²) in [5.41, 5.74) is 5.20. The molecule has 0 saturated carbocycles. The van der Waals surface area contributed by atoms with Gasteiger partial charge < -0.3 is 4.74 Å². The molecule has 0 amide bonds. The zero-order chi connectivity index (χ0) is 18.7. The van der Waals surface area contributed by atoms with Gasteiger partial charge >= 0.3 is 0 Å². The molecule has 0 fully saturated rings. The predicted octanol–water partition coefficient (Wildman–Crippen LogP) is 4.53. The van der Waals surface area contributed by atoms with Crippen LogP contribution < -0.4 is 5.30 Å². The lowest BCUT2D eigenvalue weighted by atomic mass is 9.89. The molecule has 2 atom stereocenters. The molecule has 0 bridgehead atoms. The molecule has 0 aliphatic rings. The second kappa shape index (κ2) is 8.01. The highest BCUT2D eigenvalue weighted by atomic mass is 31.1.